The molecular formula is C22H21NO4. The molecule has 27 heavy (non-hydrogen) atoms. The fourth-order valence-electron chi connectivity index (χ4n) is 3.67. The van der Waals surface area contributed by atoms with Crippen LogP contribution < -0.4 is 0 Å². The van der Waals surface area contributed by atoms with E-state index >= 15 is 0 Å². The Labute approximate surface area is 157 Å². The molecule has 0 bridgehead atoms. The Morgan fingerprint density at radius 2 is 1.96 bits per heavy atom. The minimum atomic E-state index is -0.440. The van der Waals surface area contributed by atoms with Crippen LogP contribution in [0.25, 0.3) is 0 Å². The first-order valence-corrected chi connectivity index (χ1v) is 9.03. The number of hydrogen-bond acceptors (Lipinski definition) is 4. The van der Waals surface area contributed by atoms with Gasteiger partial charge in [-0.3, -0.25) is 4.79 Å². The molecule has 0 saturated carbocycles. The largest absolute Gasteiger partial charge is 0.469 e. The summed E-state index contributed by atoms with van der Waals surface area (Å²) in [5, 5.41) is 0. The molecule has 5 heteroatoms. The molecule has 1 aliphatic carbocycles. The number of rotatable bonds is 4. The molecule has 0 aliphatic heterocycles. The highest BCUT2D eigenvalue weighted by Gasteiger charge is 2.33. The van der Waals surface area contributed by atoms with Crippen LogP contribution >= 0.6 is 0 Å². The number of aryl methyl sites for hydroxylation is 1. The fraction of sp³-hybridized carbons (Fsp3) is 0.273. The second-order valence-electron chi connectivity index (χ2n) is 7.08. The van der Waals surface area contributed by atoms with Crippen LogP contribution in [0.15, 0.2) is 47.1 Å². The van der Waals surface area contributed by atoms with Gasteiger partial charge in [-0.15, -0.1) is 0 Å². The molecule has 1 atom stereocenters. The summed E-state index contributed by atoms with van der Waals surface area (Å²) in [6.07, 6.45) is 2.64. The number of carbonyl (C=O) groups excluding carboxylic acids is 2. The van der Waals surface area contributed by atoms with Crippen molar-refractivity contribution in [3.8, 4) is 0 Å². The third kappa shape index (κ3) is 3.33. The minimum Gasteiger partial charge on any atom is -0.469 e. The van der Waals surface area contributed by atoms with Gasteiger partial charge in [-0.2, -0.15) is 0 Å². The highest BCUT2D eigenvalue weighted by atomic mass is 16.5. The Kier molecular flexibility index (Phi) is 4.44. The Bertz CT molecular complexity index is 980. The third-order valence-corrected chi connectivity index (χ3v) is 5.13. The zero-order valence-corrected chi connectivity index (χ0v) is 15.4. The number of ketones is 1. The smallest absolute Gasteiger partial charge is 0.355 e. The van der Waals surface area contributed by atoms with Crippen molar-refractivity contribution >= 4 is 11.8 Å². The topological polar surface area (TPSA) is 72.3 Å². The van der Waals surface area contributed by atoms with Crippen molar-refractivity contribution in [2.75, 3.05) is 0 Å². The van der Waals surface area contributed by atoms with Gasteiger partial charge in [0.05, 0.1) is 6.26 Å². The number of Topliss-reactive ketones (excluding diaryl/α,β-unsaturated/α-hetero) is 1. The standard InChI is InChI=1S/C22H21NO4/c1-13-5-7-15(8-6-13)12-27-22(25)21-14(2)20-17(23-21)10-16(11-18(20)24)19-4-3-9-26-19/h3-9,16,23H,10-12H2,1-2H3. The predicted molar refractivity (Wildman–Crippen MR) is 99.9 cm³/mol. The molecule has 1 N–H and O–H groups in total. The van der Waals surface area contributed by atoms with Crippen molar-refractivity contribution in [2.45, 2.75) is 39.2 Å². The number of esters is 1. The molecule has 5 nitrogen and oxygen atoms in total. The van der Waals surface area contributed by atoms with Crippen LogP contribution in [0, 0.1) is 13.8 Å². The van der Waals surface area contributed by atoms with E-state index < -0.39 is 5.97 Å². The molecule has 0 spiro atoms. The molecule has 0 fully saturated rings. The number of H-pyrrole nitrogens is 1. The first kappa shape index (κ1) is 17.3. The van der Waals surface area contributed by atoms with E-state index in [1.165, 1.54) is 0 Å². The summed E-state index contributed by atoms with van der Waals surface area (Å²) in [7, 11) is 0. The van der Waals surface area contributed by atoms with Gasteiger partial charge in [0.2, 0.25) is 0 Å². The van der Waals surface area contributed by atoms with Gasteiger partial charge in [0.15, 0.2) is 5.78 Å². The van der Waals surface area contributed by atoms with Crippen LogP contribution in [0.5, 0.6) is 0 Å². The van der Waals surface area contributed by atoms with Crippen LogP contribution in [-0.4, -0.2) is 16.7 Å². The van der Waals surface area contributed by atoms with Gasteiger partial charge in [-0.05, 0) is 43.5 Å². The second kappa shape index (κ2) is 6.91. The second-order valence-corrected chi connectivity index (χ2v) is 7.08. The maximum absolute atomic E-state index is 12.6. The number of aromatic nitrogens is 1. The van der Waals surface area contributed by atoms with E-state index in [0.717, 1.165) is 22.6 Å². The van der Waals surface area contributed by atoms with E-state index in [1.54, 1.807) is 13.2 Å². The maximum atomic E-state index is 12.6. The number of hydrogen-bond donors (Lipinski definition) is 1. The first-order valence-electron chi connectivity index (χ1n) is 9.03. The molecule has 2 aromatic heterocycles. The number of furan rings is 1. The normalized spacial score (nSPS) is 16.2. The Balaban J connectivity index is 1.53. The summed E-state index contributed by atoms with van der Waals surface area (Å²) in [6.45, 7) is 4.00. The average molecular weight is 363 g/mol. The van der Waals surface area contributed by atoms with Gasteiger partial charge in [-0.1, -0.05) is 29.8 Å². The first-order chi connectivity index (χ1) is 13.0. The number of fused-ring (bicyclic) bond motifs is 1. The third-order valence-electron chi connectivity index (χ3n) is 5.13. The molecular weight excluding hydrogens is 342 g/mol. The lowest BCUT2D eigenvalue weighted by atomic mass is 9.84. The SMILES string of the molecule is Cc1ccc(COC(=O)c2[nH]c3c(c2C)C(=O)CC(c2ccco2)C3)cc1. The van der Waals surface area contributed by atoms with Crippen molar-refractivity contribution in [1.29, 1.82) is 0 Å². The molecule has 3 aromatic rings. The van der Waals surface area contributed by atoms with E-state index in [9.17, 15) is 9.59 Å². The number of carbonyl (C=O) groups is 2. The van der Waals surface area contributed by atoms with Gasteiger partial charge in [0.1, 0.15) is 18.1 Å². The van der Waals surface area contributed by atoms with Crippen LogP contribution in [0.4, 0.5) is 0 Å². The highest BCUT2D eigenvalue weighted by Crippen LogP contribution is 2.35. The zero-order valence-electron chi connectivity index (χ0n) is 15.4. The maximum Gasteiger partial charge on any atom is 0.355 e. The lowest BCUT2D eigenvalue weighted by molar-refractivity contribution is 0.0465. The van der Waals surface area contributed by atoms with Crippen LogP contribution in [0.2, 0.25) is 0 Å². The minimum absolute atomic E-state index is 0.00511. The molecule has 138 valence electrons. The fourth-order valence-corrected chi connectivity index (χ4v) is 3.67. The molecule has 0 amide bonds. The number of ether oxygens (including phenoxy) is 1. The highest BCUT2D eigenvalue weighted by molar-refractivity contribution is 6.03. The van der Waals surface area contributed by atoms with Gasteiger partial charge >= 0.3 is 5.97 Å². The molecule has 1 aromatic carbocycles. The number of aromatic amines is 1. The van der Waals surface area contributed by atoms with Gasteiger partial charge in [-0.25, -0.2) is 4.79 Å². The summed E-state index contributed by atoms with van der Waals surface area (Å²) in [5.74, 6) is 0.382. The monoisotopic (exact) mass is 363 g/mol. The van der Waals surface area contributed by atoms with E-state index in [2.05, 4.69) is 4.98 Å². The van der Waals surface area contributed by atoms with Gasteiger partial charge < -0.3 is 14.1 Å². The summed E-state index contributed by atoms with van der Waals surface area (Å²) in [5.41, 5.74) is 4.52. The predicted octanol–water partition coefficient (Wildman–Crippen LogP) is 4.49. The summed E-state index contributed by atoms with van der Waals surface area (Å²) in [6, 6.07) is 11.5. The van der Waals surface area contributed by atoms with Crippen LogP contribution in [-0.2, 0) is 17.8 Å². The van der Waals surface area contributed by atoms with E-state index in [-0.39, 0.29) is 18.3 Å². The van der Waals surface area contributed by atoms with E-state index in [4.69, 9.17) is 9.15 Å². The Morgan fingerprint density at radius 3 is 2.67 bits per heavy atom. The molecule has 1 unspecified atom stereocenters. The average Bonchev–Trinajstić information content (AvgIpc) is 3.29. The molecule has 4 rings (SSSR count). The van der Waals surface area contributed by atoms with Crippen molar-refractivity contribution in [3.05, 3.63) is 82.1 Å². The van der Waals surface area contributed by atoms with Crippen molar-refractivity contribution in [1.82, 2.24) is 4.98 Å². The molecule has 2 heterocycles. The molecule has 1 aliphatic rings. The summed E-state index contributed by atoms with van der Waals surface area (Å²) >= 11 is 0. The Morgan fingerprint density at radius 1 is 1.19 bits per heavy atom. The lowest BCUT2D eigenvalue weighted by Crippen LogP contribution is -2.18. The van der Waals surface area contributed by atoms with Gasteiger partial charge in [0, 0.05) is 23.6 Å². The molecule has 0 saturated heterocycles. The number of nitrogens with one attached hydrogen (secondary N) is 1. The Hall–Kier alpha value is -3.08. The zero-order chi connectivity index (χ0) is 19.0. The van der Waals surface area contributed by atoms with Crippen LogP contribution in [0.3, 0.4) is 0 Å². The summed E-state index contributed by atoms with van der Waals surface area (Å²) < 4.78 is 10.9. The lowest BCUT2D eigenvalue weighted by Gasteiger charge is -2.19. The molecule has 0 radical (unpaired) electrons. The van der Waals surface area contributed by atoms with Crippen molar-refractivity contribution in [3.63, 3.8) is 0 Å². The van der Waals surface area contributed by atoms with Crippen molar-refractivity contribution in [2.24, 2.45) is 0 Å². The summed E-state index contributed by atoms with van der Waals surface area (Å²) in [4.78, 5) is 28.3. The van der Waals surface area contributed by atoms with Crippen LogP contribution in [0.1, 0.15) is 61.3 Å². The quantitative estimate of drug-likeness (QED) is 0.693. The van der Waals surface area contributed by atoms with E-state index in [1.807, 2.05) is 43.3 Å². The van der Waals surface area contributed by atoms with E-state index in [0.29, 0.717) is 29.7 Å². The number of benzene rings is 1. The van der Waals surface area contributed by atoms with Gasteiger partial charge in [0.25, 0.3) is 0 Å². The van der Waals surface area contributed by atoms with Crippen molar-refractivity contribution < 1.29 is 18.7 Å².